The normalized spacial score (nSPS) is 19.6. The van der Waals surface area contributed by atoms with Gasteiger partial charge in [0.05, 0.1) is 5.69 Å². The van der Waals surface area contributed by atoms with Crippen LogP contribution in [0, 0.1) is 0 Å². The second-order valence-corrected chi connectivity index (χ2v) is 7.64. The molecule has 0 saturated carbocycles. The summed E-state index contributed by atoms with van der Waals surface area (Å²) in [6, 6.07) is 4.92. The number of anilines is 1. The van der Waals surface area contributed by atoms with Crippen LogP contribution in [0.25, 0.3) is 0 Å². The van der Waals surface area contributed by atoms with E-state index in [-0.39, 0.29) is 6.04 Å². The van der Waals surface area contributed by atoms with Gasteiger partial charge in [0.1, 0.15) is 0 Å². The third-order valence-corrected chi connectivity index (χ3v) is 6.15. The first-order valence-corrected chi connectivity index (χ1v) is 8.85. The summed E-state index contributed by atoms with van der Waals surface area (Å²) in [5.41, 5.74) is 7.32. The number of hydrogen-bond acceptors (Lipinski definition) is 5. The zero-order chi connectivity index (χ0) is 14.1. The van der Waals surface area contributed by atoms with Gasteiger partial charge in [-0.15, -0.1) is 22.7 Å². The molecule has 2 N–H and O–H groups in total. The predicted octanol–water partition coefficient (Wildman–Crippen LogP) is 3.61. The lowest BCUT2D eigenvalue weighted by Crippen LogP contribution is -2.30. The Morgan fingerprint density at radius 3 is 3.10 bits per heavy atom. The first-order chi connectivity index (χ1) is 9.65. The number of nitrogens with zero attached hydrogens (tertiary/aromatic N) is 2. The number of nitrogens with two attached hydrogens (primary N) is 1. The molecule has 2 atom stereocenters. The molecule has 2 aromatic rings. The fourth-order valence-electron chi connectivity index (χ4n) is 2.63. The highest BCUT2D eigenvalue weighted by Gasteiger charge is 2.24. The Hall–Kier alpha value is -0.910. The van der Waals surface area contributed by atoms with Crippen LogP contribution >= 0.6 is 22.7 Å². The number of thiazole rings is 1. The van der Waals surface area contributed by atoms with Crippen molar-refractivity contribution in [1.82, 2.24) is 4.98 Å². The van der Waals surface area contributed by atoms with Crippen molar-refractivity contribution in [1.29, 1.82) is 0 Å². The van der Waals surface area contributed by atoms with Crippen LogP contribution in [0.3, 0.4) is 0 Å². The van der Waals surface area contributed by atoms with E-state index in [2.05, 4.69) is 36.4 Å². The van der Waals surface area contributed by atoms with Gasteiger partial charge in [-0.05, 0) is 37.6 Å². The zero-order valence-electron chi connectivity index (χ0n) is 12.0. The number of hydrogen-bond donors (Lipinski definition) is 1. The fourth-order valence-corrected chi connectivity index (χ4v) is 4.70. The van der Waals surface area contributed by atoms with E-state index in [9.17, 15) is 0 Å². The maximum absolute atomic E-state index is 6.17. The molecule has 0 radical (unpaired) electrons. The Morgan fingerprint density at radius 2 is 2.40 bits per heavy atom. The van der Waals surface area contributed by atoms with E-state index in [1.54, 1.807) is 0 Å². The molecule has 0 bridgehead atoms. The molecule has 0 aromatic carbocycles. The molecule has 0 fully saturated rings. The van der Waals surface area contributed by atoms with Gasteiger partial charge >= 0.3 is 0 Å². The average molecular weight is 307 g/mol. The van der Waals surface area contributed by atoms with Crippen LogP contribution in [0.1, 0.15) is 41.3 Å². The number of fused-ring (bicyclic) bond motifs is 1. The van der Waals surface area contributed by atoms with Crippen LogP contribution in [0.4, 0.5) is 5.13 Å². The minimum atomic E-state index is 0.143. The van der Waals surface area contributed by atoms with Crippen LogP contribution in [-0.2, 0) is 12.8 Å². The van der Waals surface area contributed by atoms with Crippen molar-refractivity contribution >= 4 is 27.8 Å². The monoisotopic (exact) mass is 307 g/mol. The number of aryl methyl sites for hydroxylation is 1. The lowest BCUT2D eigenvalue weighted by atomic mass is 9.99. The maximum Gasteiger partial charge on any atom is 0.185 e. The van der Waals surface area contributed by atoms with Gasteiger partial charge in [-0.3, -0.25) is 0 Å². The SMILES string of the molecule is CC(Cc1cccs1)N(C)c1nc2c(s1)CCCC2N. The van der Waals surface area contributed by atoms with Gasteiger partial charge in [-0.1, -0.05) is 6.07 Å². The molecule has 1 aliphatic carbocycles. The third-order valence-electron chi connectivity index (χ3n) is 4.03. The van der Waals surface area contributed by atoms with E-state index in [1.807, 2.05) is 22.7 Å². The molecule has 2 heterocycles. The molecule has 0 aliphatic heterocycles. The van der Waals surface area contributed by atoms with Gasteiger partial charge in [-0.25, -0.2) is 4.98 Å². The summed E-state index contributed by atoms with van der Waals surface area (Å²) < 4.78 is 0. The molecule has 1 aliphatic rings. The van der Waals surface area contributed by atoms with E-state index in [0.29, 0.717) is 6.04 Å². The largest absolute Gasteiger partial charge is 0.348 e. The number of likely N-dealkylation sites (N-methyl/N-ethyl adjacent to an activating group) is 1. The van der Waals surface area contributed by atoms with Crippen molar-refractivity contribution in [3.05, 3.63) is 33.0 Å². The van der Waals surface area contributed by atoms with Crippen molar-refractivity contribution in [3.8, 4) is 0 Å². The number of rotatable bonds is 4. The topological polar surface area (TPSA) is 42.2 Å². The van der Waals surface area contributed by atoms with Crippen LogP contribution in [0.15, 0.2) is 17.5 Å². The van der Waals surface area contributed by atoms with Gasteiger partial charge in [0.2, 0.25) is 0 Å². The highest BCUT2D eigenvalue weighted by molar-refractivity contribution is 7.15. The molecule has 20 heavy (non-hydrogen) atoms. The van der Waals surface area contributed by atoms with Gasteiger partial charge in [-0.2, -0.15) is 0 Å². The quantitative estimate of drug-likeness (QED) is 0.938. The molecule has 0 saturated heterocycles. The first kappa shape index (κ1) is 14.0. The minimum Gasteiger partial charge on any atom is -0.348 e. The van der Waals surface area contributed by atoms with E-state index in [4.69, 9.17) is 10.7 Å². The Labute approximate surface area is 128 Å². The molecule has 2 aromatic heterocycles. The summed E-state index contributed by atoms with van der Waals surface area (Å²) >= 11 is 3.65. The summed E-state index contributed by atoms with van der Waals surface area (Å²) in [5, 5.41) is 3.26. The molecular weight excluding hydrogens is 286 g/mol. The van der Waals surface area contributed by atoms with Crippen LogP contribution in [-0.4, -0.2) is 18.1 Å². The fraction of sp³-hybridized carbons (Fsp3) is 0.533. The van der Waals surface area contributed by atoms with Crippen molar-refractivity contribution in [2.24, 2.45) is 5.73 Å². The second kappa shape index (κ2) is 5.84. The lowest BCUT2D eigenvalue weighted by molar-refractivity contribution is 0.562. The van der Waals surface area contributed by atoms with Crippen molar-refractivity contribution in [3.63, 3.8) is 0 Å². The molecule has 5 heteroatoms. The highest BCUT2D eigenvalue weighted by atomic mass is 32.1. The van der Waals surface area contributed by atoms with Crippen LogP contribution in [0.5, 0.6) is 0 Å². The Balaban J connectivity index is 1.75. The maximum atomic E-state index is 6.17. The second-order valence-electron chi connectivity index (χ2n) is 5.55. The lowest BCUT2D eigenvalue weighted by Gasteiger charge is -2.23. The van der Waals surface area contributed by atoms with Crippen molar-refractivity contribution in [2.45, 2.75) is 44.7 Å². The van der Waals surface area contributed by atoms with Crippen LogP contribution < -0.4 is 10.6 Å². The number of thiophene rings is 1. The molecular formula is C15H21N3S2. The van der Waals surface area contributed by atoms with E-state index in [1.165, 1.54) is 16.2 Å². The molecule has 3 rings (SSSR count). The van der Waals surface area contributed by atoms with E-state index >= 15 is 0 Å². The zero-order valence-corrected chi connectivity index (χ0v) is 13.6. The summed E-state index contributed by atoms with van der Waals surface area (Å²) in [5.74, 6) is 0. The summed E-state index contributed by atoms with van der Waals surface area (Å²) in [6.45, 7) is 2.26. The molecule has 108 valence electrons. The van der Waals surface area contributed by atoms with Crippen LogP contribution in [0.2, 0.25) is 0 Å². The smallest absolute Gasteiger partial charge is 0.185 e. The van der Waals surface area contributed by atoms with E-state index < -0.39 is 0 Å². The standard InChI is InChI=1S/C15H21N3S2/c1-10(9-11-5-4-8-19-11)18(2)15-17-14-12(16)6-3-7-13(14)20-15/h4-5,8,10,12H,3,6-7,9,16H2,1-2H3. The van der Waals surface area contributed by atoms with E-state index in [0.717, 1.165) is 30.1 Å². The van der Waals surface area contributed by atoms with Gasteiger partial charge < -0.3 is 10.6 Å². The first-order valence-electron chi connectivity index (χ1n) is 7.15. The highest BCUT2D eigenvalue weighted by Crippen LogP contribution is 2.36. The minimum absolute atomic E-state index is 0.143. The Morgan fingerprint density at radius 1 is 1.55 bits per heavy atom. The number of aromatic nitrogens is 1. The average Bonchev–Trinajstić information content (AvgIpc) is 3.07. The van der Waals surface area contributed by atoms with Gasteiger partial charge in [0, 0.05) is 35.3 Å². The summed E-state index contributed by atoms with van der Waals surface area (Å²) in [4.78, 5) is 9.94. The summed E-state index contributed by atoms with van der Waals surface area (Å²) in [6.07, 6.45) is 4.49. The molecule has 2 unspecified atom stereocenters. The predicted molar refractivity (Wildman–Crippen MR) is 87.9 cm³/mol. The molecule has 0 spiro atoms. The van der Waals surface area contributed by atoms with Gasteiger partial charge in [0.25, 0.3) is 0 Å². The Bertz CT molecular complexity index is 562. The molecule has 0 amide bonds. The molecule has 3 nitrogen and oxygen atoms in total. The van der Waals surface area contributed by atoms with Crippen molar-refractivity contribution in [2.75, 3.05) is 11.9 Å². The van der Waals surface area contributed by atoms with Gasteiger partial charge in [0.15, 0.2) is 5.13 Å². The Kier molecular flexibility index (Phi) is 4.10. The summed E-state index contributed by atoms with van der Waals surface area (Å²) in [7, 11) is 2.15. The third kappa shape index (κ3) is 2.75. The van der Waals surface area contributed by atoms with Crippen molar-refractivity contribution < 1.29 is 0 Å².